The summed E-state index contributed by atoms with van der Waals surface area (Å²) in [5.74, 6) is -0.394. The van der Waals surface area contributed by atoms with E-state index in [0.717, 1.165) is 0 Å². The van der Waals surface area contributed by atoms with Crippen molar-refractivity contribution in [1.29, 1.82) is 0 Å². The summed E-state index contributed by atoms with van der Waals surface area (Å²) in [4.78, 5) is 11.1. The van der Waals surface area contributed by atoms with Crippen LogP contribution in [0.3, 0.4) is 0 Å². The van der Waals surface area contributed by atoms with Gasteiger partial charge in [0.15, 0.2) is 0 Å². The first-order chi connectivity index (χ1) is 6.06. The molecule has 0 spiro atoms. The molecule has 0 bridgehead atoms. The van der Waals surface area contributed by atoms with Crippen LogP contribution in [0, 0.1) is 0 Å². The minimum absolute atomic E-state index is 0.394. The van der Waals surface area contributed by atoms with Crippen molar-refractivity contribution in [2.45, 2.75) is 13.0 Å². The molecule has 72 valence electrons. The minimum Gasteiger partial charge on any atom is -0.464 e. The van der Waals surface area contributed by atoms with Crippen LogP contribution in [-0.4, -0.2) is 22.8 Å². The first-order valence-corrected chi connectivity index (χ1v) is 3.99. The largest absolute Gasteiger partial charge is 0.464 e. The molecule has 0 fully saturated rings. The van der Waals surface area contributed by atoms with Crippen LogP contribution in [0.25, 0.3) is 0 Å². The number of aliphatic hydroxyl groups is 1. The number of nitrogens with zero attached hydrogens (tertiary/aromatic N) is 1. The number of ether oxygens (including phenoxy) is 1. The molecule has 1 aromatic heterocycles. The summed E-state index contributed by atoms with van der Waals surface area (Å²) in [7, 11) is 3.06. The second-order valence-electron chi connectivity index (χ2n) is 2.94. The Bertz CT molecular complexity index is 315. The highest BCUT2D eigenvalue weighted by Gasteiger charge is 2.13. The maximum atomic E-state index is 11.1. The van der Waals surface area contributed by atoms with E-state index in [4.69, 9.17) is 0 Å². The predicted octanol–water partition coefficient (Wildman–Crippen LogP) is 0.865. The van der Waals surface area contributed by atoms with Crippen molar-refractivity contribution in [2.75, 3.05) is 7.11 Å². The topological polar surface area (TPSA) is 51.5 Å². The third kappa shape index (κ3) is 1.89. The van der Waals surface area contributed by atoms with E-state index in [-0.39, 0.29) is 0 Å². The van der Waals surface area contributed by atoms with Gasteiger partial charge in [0, 0.05) is 13.2 Å². The molecule has 0 aliphatic carbocycles. The van der Waals surface area contributed by atoms with Crippen molar-refractivity contribution in [3.63, 3.8) is 0 Å². The number of hydrogen-bond donors (Lipinski definition) is 1. The van der Waals surface area contributed by atoms with Crippen LogP contribution < -0.4 is 0 Å². The van der Waals surface area contributed by atoms with Crippen molar-refractivity contribution in [3.8, 4) is 0 Å². The third-order valence-electron chi connectivity index (χ3n) is 1.90. The molecule has 0 aromatic carbocycles. The second-order valence-corrected chi connectivity index (χ2v) is 2.94. The van der Waals surface area contributed by atoms with Crippen LogP contribution in [0.4, 0.5) is 0 Å². The number of carbonyl (C=O) groups excluding carboxylic acids is 1. The van der Waals surface area contributed by atoms with Gasteiger partial charge in [-0.25, -0.2) is 4.79 Å². The summed E-state index contributed by atoms with van der Waals surface area (Å²) >= 11 is 0. The number of hydrogen-bond acceptors (Lipinski definition) is 3. The van der Waals surface area contributed by atoms with Crippen LogP contribution in [-0.2, 0) is 11.8 Å². The Morgan fingerprint density at radius 3 is 2.69 bits per heavy atom. The summed E-state index contributed by atoms with van der Waals surface area (Å²) in [6, 6.07) is 1.62. The van der Waals surface area contributed by atoms with Gasteiger partial charge in [-0.2, -0.15) is 0 Å². The zero-order valence-electron chi connectivity index (χ0n) is 7.94. The Labute approximate surface area is 76.7 Å². The maximum absolute atomic E-state index is 11.1. The summed E-state index contributed by atoms with van der Waals surface area (Å²) in [6.07, 6.45) is 1.14. The molecule has 0 saturated heterocycles. The van der Waals surface area contributed by atoms with Gasteiger partial charge in [0.05, 0.1) is 13.2 Å². The van der Waals surface area contributed by atoms with Gasteiger partial charge in [0.25, 0.3) is 0 Å². The van der Waals surface area contributed by atoms with Gasteiger partial charge < -0.3 is 14.4 Å². The molecule has 1 N–H and O–H groups in total. The average molecular weight is 183 g/mol. The molecular formula is C9H13NO3. The molecule has 1 atom stereocenters. The molecule has 4 nitrogen and oxygen atoms in total. The van der Waals surface area contributed by atoms with E-state index in [1.165, 1.54) is 7.11 Å². The van der Waals surface area contributed by atoms with Crippen LogP contribution in [0.15, 0.2) is 12.3 Å². The van der Waals surface area contributed by atoms with Crippen LogP contribution in [0.2, 0.25) is 0 Å². The Balaban J connectivity index is 3.03. The third-order valence-corrected chi connectivity index (χ3v) is 1.90. The van der Waals surface area contributed by atoms with Gasteiger partial charge in [-0.15, -0.1) is 0 Å². The number of esters is 1. The van der Waals surface area contributed by atoms with Gasteiger partial charge >= 0.3 is 5.97 Å². The highest BCUT2D eigenvalue weighted by Crippen LogP contribution is 2.15. The van der Waals surface area contributed by atoms with Crippen LogP contribution >= 0.6 is 0 Å². The highest BCUT2D eigenvalue weighted by molar-refractivity contribution is 5.87. The lowest BCUT2D eigenvalue weighted by atomic mass is 10.2. The number of methoxy groups -OCH3 is 1. The van der Waals surface area contributed by atoms with Crippen molar-refractivity contribution in [2.24, 2.45) is 7.05 Å². The standard InChI is InChI=1S/C9H13NO3/c1-6(11)7-4-8(9(12)13-3)10(2)5-7/h4-6,11H,1-3H3/t6-/m1/s1. The highest BCUT2D eigenvalue weighted by atomic mass is 16.5. The van der Waals surface area contributed by atoms with Gasteiger partial charge in [-0.05, 0) is 18.6 Å². The smallest absolute Gasteiger partial charge is 0.354 e. The summed E-state index contributed by atoms with van der Waals surface area (Å²) in [6.45, 7) is 1.65. The van der Waals surface area contributed by atoms with E-state index in [1.807, 2.05) is 0 Å². The molecular weight excluding hydrogens is 170 g/mol. The monoisotopic (exact) mass is 183 g/mol. The Morgan fingerprint density at radius 1 is 1.69 bits per heavy atom. The van der Waals surface area contributed by atoms with E-state index >= 15 is 0 Å². The lowest BCUT2D eigenvalue weighted by molar-refractivity contribution is 0.0590. The van der Waals surface area contributed by atoms with Gasteiger partial charge in [0.1, 0.15) is 5.69 Å². The molecule has 4 heteroatoms. The first-order valence-electron chi connectivity index (χ1n) is 3.99. The zero-order chi connectivity index (χ0) is 10.0. The Hall–Kier alpha value is -1.29. The van der Waals surface area contributed by atoms with E-state index in [2.05, 4.69) is 4.74 Å². The summed E-state index contributed by atoms with van der Waals surface area (Å²) in [5.41, 5.74) is 1.15. The summed E-state index contributed by atoms with van der Waals surface area (Å²) in [5, 5.41) is 9.25. The normalized spacial score (nSPS) is 12.6. The molecule has 0 aliphatic heterocycles. The number of aryl methyl sites for hydroxylation is 1. The fourth-order valence-corrected chi connectivity index (χ4v) is 1.13. The van der Waals surface area contributed by atoms with Crippen LogP contribution in [0.5, 0.6) is 0 Å². The van der Waals surface area contributed by atoms with Crippen molar-refractivity contribution < 1.29 is 14.6 Å². The van der Waals surface area contributed by atoms with E-state index in [9.17, 15) is 9.90 Å². The number of rotatable bonds is 2. The Morgan fingerprint density at radius 2 is 2.31 bits per heavy atom. The fourth-order valence-electron chi connectivity index (χ4n) is 1.13. The first kappa shape index (κ1) is 9.80. The van der Waals surface area contributed by atoms with E-state index < -0.39 is 12.1 Å². The van der Waals surface area contributed by atoms with E-state index in [0.29, 0.717) is 11.3 Å². The van der Waals surface area contributed by atoms with Gasteiger partial charge in [-0.3, -0.25) is 0 Å². The molecule has 0 aliphatic rings. The second kappa shape index (κ2) is 3.62. The molecule has 0 radical (unpaired) electrons. The fraction of sp³-hybridized carbons (Fsp3) is 0.444. The number of carbonyl (C=O) groups is 1. The molecule has 1 heterocycles. The lowest BCUT2D eigenvalue weighted by Crippen LogP contribution is -2.06. The van der Waals surface area contributed by atoms with Crippen molar-refractivity contribution >= 4 is 5.97 Å². The quantitative estimate of drug-likeness (QED) is 0.692. The van der Waals surface area contributed by atoms with Crippen LogP contribution in [0.1, 0.15) is 29.1 Å². The van der Waals surface area contributed by atoms with E-state index in [1.54, 1.807) is 30.8 Å². The molecule has 1 aromatic rings. The lowest BCUT2D eigenvalue weighted by Gasteiger charge is -1.98. The van der Waals surface area contributed by atoms with Gasteiger partial charge in [-0.1, -0.05) is 0 Å². The van der Waals surface area contributed by atoms with Crippen molar-refractivity contribution in [3.05, 3.63) is 23.5 Å². The number of aromatic nitrogens is 1. The zero-order valence-corrected chi connectivity index (χ0v) is 7.94. The molecule has 13 heavy (non-hydrogen) atoms. The molecule has 1 rings (SSSR count). The SMILES string of the molecule is COC(=O)c1cc([C@@H](C)O)cn1C. The van der Waals surface area contributed by atoms with Gasteiger partial charge in [0.2, 0.25) is 0 Å². The Kier molecular flexibility index (Phi) is 2.72. The average Bonchev–Trinajstić information content (AvgIpc) is 2.46. The number of aliphatic hydroxyl groups excluding tert-OH is 1. The molecule has 0 amide bonds. The molecule has 0 unspecified atom stereocenters. The predicted molar refractivity (Wildman–Crippen MR) is 47.4 cm³/mol. The minimum atomic E-state index is -0.565. The van der Waals surface area contributed by atoms with Crippen molar-refractivity contribution in [1.82, 2.24) is 4.57 Å². The molecule has 0 saturated carbocycles. The summed E-state index contributed by atoms with van der Waals surface area (Å²) < 4.78 is 6.20. The maximum Gasteiger partial charge on any atom is 0.354 e.